The molecule has 0 aliphatic heterocycles. The highest BCUT2D eigenvalue weighted by Crippen LogP contribution is 2.31. The number of carbonyl (C=O) groups is 1. The van der Waals surface area contributed by atoms with Gasteiger partial charge in [0.25, 0.3) is 0 Å². The third-order valence-corrected chi connectivity index (χ3v) is 5.45. The van der Waals surface area contributed by atoms with Crippen molar-refractivity contribution < 1.29 is 18.3 Å². The van der Waals surface area contributed by atoms with Crippen LogP contribution in [0.25, 0.3) is 5.65 Å². The highest BCUT2D eigenvalue weighted by molar-refractivity contribution is 7.91. The first kappa shape index (κ1) is 16.9. The van der Waals surface area contributed by atoms with Crippen LogP contribution in [0.3, 0.4) is 0 Å². The molecule has 3 aromatic rings. The van der Waals surface area contributed by atoms with Gasteiger partial charge in [0, 0.05) is 12.7 Å². The van der Waals surface area contributed by atoms with Gasteiger partial charge in [-0.1, -0.05) is 18.2 Å². The molecule has 9 heteroatoms. The monoisotopic (exact) mass is 360 g/mol. The molecule has 0 amide bonds. The van der Waals surface area contributed by atoms with E-state index in [1.165, 1.54) is 16.6 Å². The number of fused-ring (bicyclic) bond motifs is 1. The molecule has 3 rings (SSSR count). The van der Waals surface area contributed by atoms with Crippen LogP contribution in [0.1, 0.15) is 11.4 Å². The van der Waals surface area contributed by atoms with E-state index >= 15 is 0 Å². The van der Waals surface area contributed by atoms with E-state index in [2.05, 4.69) is 15.4 Å². The Morgan fingerprint density at radius 3 is 2.56 bits per heavy atom. The zero-order chi connectivity index (χ0) is 18.2. The Hall–Kier alpha value is -2.94. The molecule has 8 nitrogen and oxygen atoms in total. The molecule has 0 unspecified atom stereocenters. The molecule has 0 spiro atoms. The van der Waals surface area contributed by atoms with E-state index in [0.717, 1.165) is 0 Å². The molecule has 0 fully saturated rings. The van der Waals surface area contributed by atoms with E-state index in [4.69, 9.17) is 5.11 Å². The van der Waals surface area contributed by atoms with Crippen LogP contribution in [0, 0.1) is 6.92 Å². The van der Waals surface area contributed by atoms with E-state index in [1.807, 2.05) is 0 Å². The number of carboxylic acids is 1. The van der Waals surface area contributed by atoms with Gasteiger partial charge in [-0.2, -0.15) is 0 Å². The quantitative estimate of drug-likeness (QED) is 0.709. The van der Waals surface area contributed by atoms with Gasteiger partial charge in [-0.05, 0) is 25.1 Å². The number of nitrogens with zero attached hydrogens (tertiary/aromatic N) is 3. The summed E-state index contributed by atoms with van der Waals surface area (Å²) in [5, 5.41) is 16.1. The lowest BCUT2D eigenvalue weighted by Crippen LogP contribution is -2.09. The SMILES string of the molecule is CNc1nn2c(CC(=O)O)cc(C)nc2c1S(=O)(=O)c1ccccc1. The van der Waals surface area contributed by atoms with E-state index in [1.54, 1.807) is 38.2 Å². The van der Waals surface area contributed by atoms with Gasteiger partial charge in [-0.25, -0.2) is 17.9 Å². The first-order valence-electron chi connectivity index (χ1n) is 7.43. The smallest absolute Gasteiger partial charge is 0.309 e. The maximum Gasteiger partial charge on any atom is 0.309 e. The zero-order valence-corrected chi connectivity index (χ0v) is 14.4. The summed E-state index contributed by atoms with van der Waals surface area (Å²) in [5.74, 6) is -0.922. The fraction of sp³-hybridized carbons (Fsp3) is 0.188. The van der Waals surface area contributed by atoms with E-state index in [0.29, 0.717) is 11.4 Å². The number of rotatable bonds is 5. The third-order valence-electron chi connectivity index (χ3n) is 3.64. The number of carboxylic acid groups (broad SMARTS) is 1. The second-order valence-electron chi connectivity index (χ2n) is 5.44. The molecule has 0 atom stereocenters. The summed E-state index contributed by atoms with van der Waals surface area (Å²) < 4.78 is 27.4. The van der Waals surface area contributed by atoms with Gasteiger partial charge in [-0.15, -0.1) is 5.10 Å². The fourth-order valence-corrected chi connectivity index (χ4v) is 4.13. The third kappa shape index (κ3) is 2.93. The summed E-state index contributed by atoms with van der Waals surface area (Å²) in [6.45, 7) is 1.68. The Morgan fingerprint density at radius 1 is 1.28 bits per heavy atom. The number of hydrogen-bond donors (Lipinski definition) is 2. The van der Waals surface area contributed by atoms with Crippen molar-refractivity contribution >= 4 is 27.3 Å². The van der Waals surface area contributed by atoms with Gasteiger partial charge in [0.2, 0.25) is 9.84 Å². The maximum absolute atomic E-state index is 13.1. The summed E-state index contributed by atoms with van der Waals surface area (Å²) in [6.07, 6.45) is -0.296. The normalized spacial score (nSPS) is 11.6. The molecule has 1 aromatic carbocycles. The van der Waals surface area contributed by atoms with Crippen LogP contribution in [0.4, 0.5) is 5.82 Å². The van der Waals surface area contributed by atoms with Crippen LogP contribution >= 0.6 is 0 Å². The molecule has 2 aromatic heterocycles. The summed E-state index contributed by atoms with van der Waals surface area (Å²) in [7, 11) is -2.33. The Balaban J connectivity index is 2.35. The van der Waals surface area contributed by atoms with Crippen LogP contribution in [0.2, 0.25) is 0 Å². The average Bonchev–Trinajstić information content (AvgIpc) is 2.94. The van der Waals surface area contributed by atoms with Crippen molar-refractivity contribution in [2.24, 2.45) is 0 Å². The lowest BCUT2D eigenvalue weighted by atomic mass is 10.2. The van der Waals surface area contributed by atoms with Gasteiger partial charge in [-0.3, -0.25) is 4.79 Å². The molecule has 0 aliphatic rings. The molecule has 0 saturated carbocycles. The molecule has 2 N–H and O–H groups in total. The Bertz CT molecular complexity index is 1060. The second kappa shape index (κ2) is 6.17. The minimum atomic E-state index is -3.88. The molecule has 0 saturated heterocycles. The van der Waals surface area contributed by atoms with Crippen molar-refractivity contribution in [3.8, 4) is 0 Å². The fourth-order valence-electron chi connectivity index (χ4n) is 2.60. The lowest BCUT2D eigenvalue weighted by molar-refractivity contribution is -0.136. The average molecular weight is 360 g/mol. The van der Waals surface area contributed by atoms with Crippen molar-refractivity contribution in [2.75, 3.05) is 12.4 Å². The van der Waals surface area contributed by atoms with Crippen LogP contribution in [0.5, 0.6) is 0 Å². The predicted octanol–water partition coefficient (Wildman–Crippen LogP) is 1.54. The topological polar surface area (TPSA) is 114 Å². The first-order valence-corrected chi connectivity index (χ1v) is 8.92. The van der Waals surface area contributed by atoms with Crippen LogP contribution in [-0.4, -0.2) is 41.1 Å². The Kier molecular flexibility index (Phi) is 4.17. The lowest BCUT2D eigenvalue weighted by Gasteiger charge is -2.06. The van der Waals surface area contributed by atoms with Crippen molar-refractivity contribution in [3.63, 3.8) is 0 Å². The van der Waals surface area contributed by atoms with Crippen molar-refractivity contribution in [3.05, 3.63) is 47.8 Å². The number of hydrogen-bond acceptors (Lipinski definition) is 6. The van der Waals surface area contributed by atoms with Crippen molar-refractivity contribution in [1.29, 1.82) is 0 Å². The van der Waals surface area contributed by atoms with Gasteiger partial charge in [0.1, 0.15) is 0 Å². The van der Waals surface area contributed by atoms with E-state index in [-0.39, 0.29) is 27.7 Å². The second-order valence-corrected chi connectivity index (χ2v) is 7.33. The molecule has 0 radical (unpaired) electrons. The number of anilines is 1. The number of benzene rings is 1. The van der Waals surface area contributed by atoms with Gasteiger partial charge in [0.05, 0.1) is 17.0 Å². The summed E-state index contributed by atoms with van der Waals surface area (Å²) in [4.78, 5) is 15.4. The summed E-state index contributed by atoms with van der Waals surface area (Å²) in [5.41, 5.74) is 0.960. The molecule has 130 valence electrons. The van der Waals surface area contributed by atoms with Crippen LogP contribution in [-0.2, 0) is 21.1 Å². The number of aryl methyl sites for hydroxylation is 1. The Morgan fingerprint density at radius 2 is 1.96 bits per heavy atom. The zero-order valence-electron chi connectivity index (χ0n) is 13.6. The van der Waals surface area contributed by atoms with Crippen molar-refractivity contribution in [2.45, 2.75) is 23.1 Å². The molecular formula is C16H16N4O4S. The van der Waals surface area contributed by atoms with Crippen LogP contribution < -0.4 is 5.32 Å². The van der Waals surface area contributed by atoms with Crippen LogP contribution in [0.15, 0.2) is 46.2 Å². The first-order chi connectivity index (χ1) is 11.8. The largest absolute Gasteiger partial charge is 0.481 e. The van der Waals surface area contributed by atoms with Gasteiger partial charge >= 0.3 is 5.97 Å². The predicted molar refractivity (Wildman–Crippen MR) is 90.5 cm³/mol. The molecule has 2 heterocycles. The highest BCUT2D eigenvalue weighted by Gasteiger charge is 2.29. The summed E-state index contributed by atoms with van der Waals surface area (Å²) >= 11 is 0. The van der Waals surface area contributed by atoms with E-state index < -0.39 is 15.8 Å². The minimum Gasteiger partial charge on any atom is -0.481 e. The highest BCUT2D eigenvalue weighted by atomic mass is 32.2. The standard InChI is InChI=1S/C16H16N4O4S/c1-10-8-11(9-13(21)22)20-16(18-10)14(15(17-2)19-20)25(23,24)12-6-4-3-5-7-12/h3-8H,9H2,1-2H3,(H,17,19)(H,21,22). The van der Waals surface area contributed by atoms with E-state index in [9.17, 15) is 13.2 Å². The molecule has 25 heavy (non-hydrogen) atoms. The minimum absolute atomic E-state index is 0.0726. The van der Waals surface area contributed by atoms with Gasteiger partial charge < -0.3 is 10.4 Å². The molecular weight excluding hydrogens is 344 g/mol. The number of sulfone groups is 1. The molecule has 0 bridgehead atoms. The number of nitrogens with one attached hydrogen (secondary N) is 1. The maximum atomic E-state index is 13.1. The van der Waals surface area contributed by atoms with Gasteiger partial charge in [0.15, 0.2) is 16.4 Å². The van der Waals surface area contributed by atoms with Crippen molar-refractivity contribution in [1.82, 2.24) is 14.6 Å². The Labute approximate surface area is 144 Å². The molecule has 0 aliphatic carbocycles. The number of aliphatic carboxylic acids is 1. The number of aromatic nitrogens is 3. The summed E-state index contributed by atoms with van der Waals surface area (Å²) in [6, 6.07) is 9.55.